The van der Waals surface area contributed by atoms with Crippen LogP contribution in [0.15, 0.2) is 29.5 Å². The summed E-state index contributed by atoms with van der Waals surface area (Å²) in [4.78, 5) is 21.8. The van der Waals surface area contributed by atoms with Gasteiger partial charge in [0, 0.05) is 18.6 Å². The quantitative estimate of drug-likeness (QED) is 0.643. The minimum atomic E-state index is -0.621. The van der Waals surface area contributed by atoms with Crippen LogP contribution in [0.4, 0.5) is 5.82 Å². The van der Waals surface area contributed by atoms with Crippen molar-refractivity contribution in [3.8, 4) is 0 Å². The summed E-state index contributed by atoms with van der Waals surface area (Å²) in [6.45, 7) is -0.289. The van der Waals surface area contributed by atoms with E-state index in [-0.39, 0.29) is 19.2 Å². The van der Waals surface area contributed by atoms with Gasteiger partial charge in [0.05, 0.1) is 6.61 Å². The van der Waals surface area contributed by atoms with Crippen molar-refractivity contribution in [1.29, 1.82) is 0 Å². The van der Waals surface area contributed by atoms with Crippen molar-refractivity contribution < 1.29 is 9.84 Å². The number of nitrogens with two attached hydrogens (primary N) is 1. The predicted octanol–water partition coefficient (Wildman–Crippen LogP) is -0.744. The third-order valence-corrected chi connectivity index (χ3v) is 2.30. The molecule has 0 aromatic carbocycles. The Morgan fingerprint density at radius 3 is 3.06 bits per heavy atom. The van der Waals surface area contributed by atoms with Crippen LogP contribution in [0.5, 0.6) is 0 Å². The second-order valence-corrected chi connectivity index (χ2v) is 3.55. The van der Waals surface area contributed by atoms with Gasteiger partial charge in [-0.05, 0) is 6.07 Å². The fraction of sp³-hybridized carbons (Fsp3) is 0.300. The molecule has 0 spiro atoms. The Balaban J connectivity index is 2.04. The molecule has 2 aromatic heterocycles. The maximum Gasteiger partial charge on any atom is 0.351 e. The zero-order valence-electron chi connectivity index (χ0n) is 9.48. The van der Waals surface area contributed by atoms with Crippen LogP contribution < -0.4 is 11.4 Å². The highest BCUT2D eigenvalue weighted by Gasteiger charge is 2.13. The van der Waals surface area contributed by atoms with Crippen molar-refractivity contribution >= 4 is 5.82 Å². The number of aliphatic hydroxyl groups is 1. The fourth-order valence-electron chi connectivity index (χ4n) is 1.38. The van der Waals surface area contributed by atoms with Gasteiger partial charge < -0.3 is 20.6 Å². The zero-order valence-corrected chi connectivity index (χ0v) is 9.48. The molecule has 0 aliphatic rings. The van der Waals surface area contributed by atoms with Crippen LogP contribution in [-0.2, 0) is 11.5 Å². The van der Waals surface area contributed by atoms with Crippen LogP contribution in [0, 0.1) is 0 Å². The molecule has 8 nitrogen and oxygen atoms in total. The van der Waals surface area contributed by atoms with E-state index in [0.717, 1.165) is 0 Å². The van der Waals surface area contributed by atoms with Crippen LogP contribution in [-0.4, -0.2) is 31.2 Å². The SMILES string of the molecule is Nc1ccn(COC(CO)c2ncc[nH]2)c(=O)n1. The molecule has 0 aliphatic heterocycles. The molecule has 0 amide bonds. The number of aromatic amines is 1. The van der Waals surface area contributed by atoms with Crippen molar-refractivity contribution in [3.05, 3.63) is 41.0 Å². The molecule has 2 heterocycles. The van der Waals surface area contributed by atoms with E-state index < -0.39 is 11.8 Å². The molecule has 0 aliphatic carbocycles. The Morgan fingerprint density at radius 1 is 1.61 bits per heavy atom. The first-order valence-electron chi connectivity index (χ1n) is 5.25. The number of aliphatic hydroxyl groups excluding tert-OH is 1. The van der Waals surface area contributed by atoms with Gasteiger partial charge >= 0.3 is 5.69 Å². The maximum absolute atomic E-state index is 11.4. The van der Waals surface area contributed by atoms with Crippen LogP contribution in [0.1, 0.15) is 11.9 Å². The van der Waals surface area contributed by atoms with Gasteiger partial charge in [0.25, 0.3) is 0 Å². The normalized spacial score (nSPS) is 12.5. The molecule has 18 heavy (non-hydrogen) atoms. The number of nitrogens with one attached hydrogen (secondary N) is 1. The number of hydrogen-bond acceptors (Lipinski definition) is 6. The molecule has 2 rings (SSSR count). The Labute approximate surface area is 102 Å². The van der Waals surface area contributed by atoms with E-state index >= 15 is 0 Å². The number of nitrogens with zero attached hydrogens (tertiary/aromatic N) is 3. The van der Waals surface area contributed by atoms with Gasteiger partial charge in [-0.2, -0.15) is 4.98 Å². The monoisotopic (exact) mass is 251 g/mol. The summed E-state index contributed by atoms with van der Waals surface area (Å²) in [7, 11) is 0. The Kier molecular flexibility index (Phi) is 3.70. The number of hydrogen-bond donors (Lipinski definition) is 3. The number of nitrogen functional groups attached to an aromatic ring is 1. The van der Waals surface area contributed by atoms with E-state index in [9.17, 15) is 9.90 Å². The Bertz CT molecular complexity index is 551. The highest BCUT2D eigenvalue weighted by molar-refractivity contribution is 5.23. The van der Waals surface area contributed by atoms with E-state index in [1.54, 1.807) is 12.4 Å². The summed E-state index contributed by atoms with van der Waals surface area (Å²) >= 11 is 0. The number of ether oxygens (including phenoxy) is 1. The van der Waals surface area contributed by atoms with Crippen LogP contribution in [0.2, 0.25) is 0 Å². The molecule has 1 atom stereocenters. The maximum atomic E-state index is 11.4. The molecule has 8 heteroatoms. The summed E-state index contributed by atoms with van der Waals surface area (Å²) in [5, 5.41) is 9.18. The highest BCUT2D eigenvalue weighted by Crippen LogP contribution is 2.11. The molecular formula is C10H13N5O3. The Morgan fingerprint density at radius 2 is 2.44 bits per heavy atom. The van der Waals surface area contributed by atoms with Gasteiger partial charge in [0.1, 0.15) is 24.5 Å². The first-order valence-corrected chi connectivity index (χ1v) is 5.25. The lowest BCUT2D eigenvalue weighted by molar-refractivity contribution is -0.0313. The van der Waals surface area contributed by atoms with E-state index in [1.807, 2.05) is 0 Å². The van der Waals surface area contributed by atoms with Gasteiger partial charge in [-0.25, -0.2) is 9.78 Å². The number of anilines is 1. The van der Waals surface area contributed by atoms with Crippen molar-refractivity contribution in [3.63, 3.8) is 0 Å². The lowest BCUT2D eigenvalue weighted by Gasteiger charge is -2.13. The van der Waals surface area contributed by atoms with Gasteiger partial charge in [0.2, 0.25) is 0 Å². The molecule has 1 unspecified atom stereocenters. The number of aromatic nitrogens is 4. The molecule has 96 valence electrons. The predicted molar refractivity (Wildman–Crippen MR) is 62.4 cm³/mol. The van der Waals surface area contributed by atoms with Crippen molar-refractivity contribution in [2.45, 2.75) is 12.8 Å². The van der Waals surface area contributed by atoms with Crippen molar-refractivity contribution in [1.82, 2.24) is 19.5 Å². The minimum Gasteiger partial charge on any atom is -0.393 e. The summed E-state index contributed by atoms with van der Waals surface area (Å²) in [6.07, 6.45) is 4.03. The summed E-state index contributed by atoms with van der Waals surface area (Å²) in [5.74, 6) is 0.648. The van der Waals surface area contributed by atoms with Crippen LogP contribution in [0.25, 0.3) is 0 Å². The molecule has 0 saturated carbocycles. The first kappa shape index (κ1) is 12.3. The van der Waals surface area contributed by atoms with E-state index in [0.29, 0.717) is 5.82 Å². The van der Waals surface area contributed by atoms with Gasteiger partial charge in [-0.15, -0.1) is 0 Å². The molecular weight excluding hydrogens is 238 g/mol. The third-order valence-electron chi connectivity index (χ3n) is 2.30. The van der Waals surface area contributed by atoms with Crippen LogP contribution >= 0.6 is 0 Å². The lowest BCUT2D eigenvalue weighted by atomic mass is 10.3. The third kappa shape index (κ3) is 2.73. The summed E-state index contributed by atoms with van der Waals surface area (Å²) in [5.41, 5.74) is 4.86. The second kappa shape index (κ2) is 5.43. The lowest BCUT2D eigenvalue weighted by Crippen LogP contribution is -2.25. The average Bonchev–Trinajstić information content (AvgIpc) is 2.86. The molecule has 0 fully saturated rings. The Hall–Kier alpha value is -2.19. The smallest absolute Gasteiger partial charge is 0.351 e. The average molecular weight is 251 g/mol. The highest BCUT2D eigenvalue weighted by atomic mass is 16.5. The van der Waals surface area contributed by atoms with Gasteiger partial charge in [-0.3, -0.25) is 4.57 Å². The van der Waals surface area contributed by atoms with E-state index in [1.165, 1.54) is 16.8 Å². The van der Waals surface area contributed by atoms with E-state index in [4.69, 9.17) is 10.5 Å². The number of rotatable bonds is 5. The number of imidazole rings is 1. The summed E-state index contributed by atoms with van der Waals surface area (Å²) < 4.78 is 6.62. The molecule has 0 radical (unpaired) electrons. The fourth-order valence-corrected chi connectivity index (χ4v) is 1.38. The van der Waals surface area contributed by atoms with Crippen molar-refractivity contribution in [2.24, 2.45) is 0 Å². The van der Waals surface area contributed by atoms with Gasteiger partial charge in [-0.1, -0.05) is 0 Å². The largest absolute Gasteiger partial charge is 0.393 e. The topological polar surface area (TPSA) is 119 Å². The van der Waals surface area contributed by atoms with Gasteiger partial charge in [0.15, 0.2) is 0 Å². The molecule has 2 aromatic rings. The van der Waals surface area contributed by atoms with E-state index in [2.05, 4.69) is 15.0 Å². The molecule has 4 N–H and O–H groups in total. The zero-order chi connectivity index (χ0) is 13.0. The van der Waals surface area contributed by atoms with Crippen LogP contribution in [0.3, 0.4) is 0 Å². The molecule has 0 bridgehead atoms. The number of H-pyrrole nitrogens is 1. The molecule has 0 saturated heterocycles. The summed E-state index contributed by atoms with van der Waals surface area (Å²) in [6, 6.07) is 1.49. The first-order chi connectivity index (χ1) is 8.70. The van der Waals surface area contributed by atoms with Crippen molar-refractivity contribution in [2.75, 3.05) is 12.3 Å². The second-order valence-electron chi connectivity index (χ2n) is 3.55. The minimum absolute atomic E-state index is 0.0436. The standard InChI is InChI=1S/C10H13N5O3/c11-8-1-4-15(10(17)14-8)6-18-7(5-16)9-12-2-3-13-9/h1-4,7,16H,5-6H2,(H,12,13)(H2,11,14,17).